The molecule has 114 valence electrons. The molecule has 1 amide bonds. The first-order valence-corrected chi connectivity index (χ1v) is 7.05. The summed E-state index contributed by atoms with van der Waals surface area (Å²) >= 11 is 0. The van der Waals surface area contributed by atoms with E-state index < -0.39 is 0 Å². The van der Waals surface area contributed by atoms with E-state index in [0.29, 0.717) is 11.6 Å². The van der Waals surface area contributed by atoms with Gasteiger partial charge in [-0.2, -0.15) is 0 Å². The van der Waals surface area contributed by atoms with Gasteiger partial charge in [0.15, 0.2) is 0 Å². The minimum atomic E-state index is -0.330. The lowest BCUT2D eigenvalue weighted by Crippen LogP contribution is -2.45. The first-order chi connectivity index (χ1) is 10.7. The molecule has 0 aliphatic carbocycles. The second-order valence-electron chi connectivity index (χ2n) is 5.11. The van der Waals surface area contributed by atoms with Gasteiger partial charge in [-0.1, -0.05) is 0 Å². The fraction of sp³-hybridized carbons (Fsp3) is 0.357. The summed E-state index contributed by atoms with van der Waals surface area (Å²) in [6, 6.07) is 0. The molecule has 2 aromatic heterocycles. The highest BCUT2D eigenvalue weighted by Crippen LogP contribution is 2.12. The zero-order valence-corrected chi connectivity index (χ0v) is 12.3. The quantitative estimate of drug-likeness (QED) is 0.870. The van der Waals surface area contributed by atoms with Gasteiger partial charge < -0.3 is 15.1 Å². The average Bonchev–Trinajstić information content (AvgIpc) is 2.57. The second kappa shape index (κ2) is 6.44. The summed E-state index contributed by atoms with van der Waals surface area (Å²) in [4.78, 5) is 32.8. The van der Waals surface area contributed by atoms with Crippen LogP contribution in [0.2, 0.25) is 0 Å². The number of carbonyl (C=O) groups excluding carboxylic acids is 1. The van der Waals surface area contributed by atoms with Crippen molar-refractivity contribution >= 4 is 17.5 Å². The smallest absolute Gasteiger partial charge is 0.275 e. The number of nitrogens with one attached hydrogen (secondary N) is 1. The van der Waals surface area contributed by atoms with Crippen LogP contribution in [0.3, 0.4) is 0 Å². The maximum Gasteiger partial charge on any atom is 0.275 e. The summed E-state index contributed by atoms with van der Waals surface area (Å²) in [7, 11) is 2.10. The molecular formula is C14H17N7O. The number of anilines is 2. The van der Waals surface area contributed by atoms with Crippen LogP contribution in [0.15, 0.2) is 31.0 Å². The third kappa shape index (κ3) is 3.34. The first-order valence-electron chi connectivity index (χ1n) is 7.05. The third-order valence-electron chi connectivity index (χ3n) is 3.48. The molecule has 0 spiro atoms. The van der Waals surface area contributed by atoms with Crippen LogP contribution >= 0.6 is 0 Å². The fourth-order valence-corrected chi connectivity index (χ4v) is 2.17. The van der Waals surface area contributed by atoms with Crippen molar-refractivity contribution in [1.29, 1.82) is 0 Å². The Morgan fingerprint density at radius 3 is 2.41 bits per heavy atom. The Labute approximate surface area is 128 Å². The molecule has 0 radical (unpaired) electrons. The predicted octanol–water partition coefficient (Wildman–Crippen LogP) is 0.271. The lowest BCUT2D eigenvalue weighted by atomic mass is 10.3. The highest BCUT2D eigenvalue weighted by Gasteiger charge is 2.16. The highest BCUT2D eigenvalue weighted by molar-refractivity contribution is 6.02. The molecule has 3 rings (SSSR count). The second-order valence-corrected chi connectivity index (χ2v) is 5.11. The summed E-state index contributed by atoms with van der Waals surface area (Å²) in [6.07, 6.45) is 7.62. The van der Waals surface area contributed by atoms with Crippen LogP contribution in [0.4, 0.5) is 11.6 Å². The molecule has 1 fully saturated rings. The molecule has 2 aromatic rings. The van der Waals surface area contributed by atoms with Gasteiger partial charge in [0.2, 0.25) is 5.95 Å². The SMILES string of the molecule is CN1CCN(c2ncc(NC(=O)c3cnccn3)cn2)CC1. The molecular weight excluding hydrogens is 282 g/mol. The number of nitrogens with zero attached hydrogens (tertiary/aromatic N) is 6. The Morgan fingerprint density at radius 2 is 1.77 bits per heavy atom. The van der Waals surface area contributed by atoms with Crippen molar-refractivity contribution in [1.82, 2.24) is 24.8 Å². The van der Waals surface area contributed by atoms with Crippen molar-refractivity contribution in [3.05, 3.63) is 36.7 Å². The minimum Gasteiger partial charge on any atom is -0.338 e. The number of likely N-dealkylation sites (N-methyl/N-ethyl adjacent to an activating group) is 1. The van der Waals surface area contributed by atoms with E-state index in [9.17, 15) is 4.79 Å². The molecule has 0 saturated carbocycles. The summed E-state index contributed by atoms with van der Waals surface area (Å²) in [5.41, 5.74) is 0.791. The van der Waals surface area contributed by atoms with Crippen LogP contribution in [0.1, 0.15) is 10.5 Å². The van der Waals surface area contributed by atoms with Gasteiger partial charge in [0.05, 0.1) is 24.3 Å². The molecule has 0 unspecified atom stereocenters. The van der Waals surface area contributed by atoms with E-state index in [0.717, 1.165) is 26.2 Å². The van der Waals surface area contributed by atoms with Gasteiger partial charge in [0, 0.05) is 38.6 Å². The maximum atomic E-state index is 12.0. The summed E-state index contributed by atoms with van der Waals surface area (Å²) in [6.45, 7) is 3.80. The molecule has 1 N–H and O–H groups in total. The lowest BCUT2D eigenvalue weighted by molar-refractivity contribution is 0.102. The van der Waals surface area contributed by atoms with Crippen LogP contribution in [0.25, 0.3) is 0 Å². The number of piperazine rings is 1. The Morgan fingerprint density at radius 1 is 1.05 bits per heavy atom. The Hall–Kier alpha value is -2.61. The van der Waals surface area contributed by atoms with Crippen LogP contribution in [0.5, 0.6) is 0 Å². The van der Waals surface area contributed by atoms with Gasteiger partial charge in [0.1, 0.15) is 5.69 Å². The number of aromatic nitrogens is 4. The third-order valence-corrected chi connectivity index (χ3v) is 3.48. The molecule has 22 heavy (non-hydrogen) atoms. The zero-order chi connectivity index (χ0) is 15.4. The summed E-state index contributed by atoms with van der Waals surface area (Å²) in [5, 5.41) is 2.70. The van der Waals surface area contributed by atoms with Crippen molar-refractivity contribution < 1.29 is 4.79 Å². The van der Waals surface area contributed by atoms with E-state index in [1.165, 1.54) is 18.6 Å². The van der Waals surface area contributed by atoms with Crippen molar-refractivity contribution in [2.75, 3.05) is 43.4 Å². The van der Waals surface area contributed by atoms with Crippen LogP contribution in [0, 0.1) is 0 Å². The number of hydrogen-bond donors (Lipinski definition) is 1. The van der Waals surface area contributed by atoms with Crippen molar-refractivity contribution in [2.45, 2.75) is 0 Å². The maximum absolute atomic E-state index is 12.0. The van der Waals surface area contributed by atoms with E-state index in [4.69, 9.17) is 0 Å². The van der Waals surface area contributed by atoms with Crippen LogP contribution in [-0.2, 0) is 0 Å². The van der Waals surface area contributed by atoms with Gasteiger partial charge in [-0.05, 0) is 7.05 Å². The van der Waals surface area contributed by atoms with E-state index in [-0.39, 0.29) is 11.6 Å². The van der Waals surface area contributed by atoms with Crippen LogP contribution < -0.4 is 10.2 Å². The van der Waals surface area contributed by atoms with Crippen molar-refractivity contribution in [3.8, 4) is 0 Å². The average molecular weight is 299 g/mol. The first kappa shape index (κ1) is 14.3. The fourth-order valence-electron chi connectivity index (χ4n) is 2.17. The van der Waals surface area contributed by atoms with Crippen molar-refractivity contribution in [2.24, 2.45) is 0 Å². The van der Waals surface area contributed by atoms with E-state index >= 15 is 0 Å². The molecule has 1 aliphatic heterocycles. The van der Waals surface area contributed by atoms with Gasteiger partial charge in [-0.3, -0.25) is 9.78 Å². The number of carbonyl (C=O) groups is 1. The molecule has 1 aliphatic rings. The highest BCUT2D eigenvalue weighted by atomic mass is 16.1. The Balaban J connectivity index is 1.63. The minimum absolute atomic E-state index is 0.255. The molecule has 0 bridgehead atoms. The zero-order valence-electron chi connectivity index (χ0n) is 12.3. The Kier molecular flexibility index (Phi) is 4.19. The number of amides is 1. The predicted molar refractivity (Wildman–Crippen MR) is 81.7 cm³/mol. The summed E-state index contributed by atoms with van der Waals surface area (Å²) in [5.74, 6) is 0.356. The van der Waals surface area contributed by atoms with E-state index in [1.807, 2.05) is 0 Å². The molecule has 8 nitrogen and oxygen atoms in total. The van der Waals surface area contributed by atoms with Crippen LogP contribution in [-0.4, -0.2) is 64.0 Å². The molecule has 3 heterocycles. The topological polar surface area (TPSA) is 87.1 Å². The summed E-state index contributed by atoms with van der Waals surface area (Å²) < 4.78 is 0. The largest absolute Gasteiger partial charge is 0.338 e. The normalized spacial score (nSPS) is 15.6. The Bertz CT molecular complexity index is 623. The van der Waals surface area contributed by atoms with Gasteiger partial charge in [-0.25, -0.2) is 15.0 Å². The monoisotopic (exact) mass is 299 g/mol. The lowest BCUT2D eigenvalue weighted by Gasteiger charge is -2.32. The number of rotatable bonds is 3. The van der Waals surface area contributed by atoms with Gasteiger partial charge in [0.25, 0.3) is 5.91 Å². The molecule has 0 aromatic carbocycles. The number of hydrogen-bond acceptors (Lipinski definition) is 7. The van der Waals surface area contributed by atoms with Crippen molar-refractivity contribution in [3.63, 3.8) is 0 Å². The molecule has 1 saturated heterocycles. The molecule has 0 atom stereocenters. The standard InChI is InChI=1S/C14H17N7O/c1-20-4-6-21(7-5-20)14-17-8-11(9-18-14)19-13(22)12-10-15-2-3-16-12/h2-3,8-10H,4-7H2,1H3,(H,19,22). The van der Waals surface area contributed by atoms with Gasteiger partial charge in [-0.15, -0.1) is 0 Å². The van der Waals surface area contributed by atoms with Gasteiger partial charge >= 0.3 is 0 Å². The van der Waals surface area contributed by atoms with E-state index in [1.54, 1.807) is 12.4 Å². The van der Waals surface area contributed by atoms with E-state index in [2.05, 4.69) is 42.1 Å². The molecule has 8 heteroatoms.